The molecule has 0 aromatic heterocycles. The van der Waals surface area contributed by atoms with E-state index in [1.165, 1.54) is 0 Å². The van der Waals surface area contributed by atoms with Crippen LogP contribution >= 0.6 is 0 Å². The van der Waals surface area contributed by atoms with Gasteiger partial charge in [-0.2, -0.15) is 0 Å². The van der Waals surface area contributed by atoms with E-state index in [1.807, 2.05) is 61.6 Å². The van der Waals surface area contributed by atoms with Gasteiger partial charge in [-0.15, -0.1) is 0 Å². The van der Waals surface area contributed by atoms with Gasteiger partial charge < -0.3 is 5.32 Å². The molecule has 3 heteroatoms. The molecule has 0 amide bonds. The predicted octanol–water partition coefficient (Wildman–Crippen LogP) is 2.52. The predicted molar refractivity (Wildman–Crippen MR) is 72.3 cm³/mol. The van der Waals surface area contributed by atoms with Crippen LogP contribution in [-0.4, -0.2) is 18.3 Å². The van der Waals surface area contributed by atoms with Crippen molar-refractivity contribution in [3.63, 3.8) is 0 Å². The van der Waals surface area contributed by atoms with Crippen LogP contribution in [0, 0.1) is 0 Å². The van der Waals surface area contributed by atoms with Crippen LogP contribution in [0.4, 0.5) is 0 Å². The summed E-state index contributed by atoms with van der Waals surface area (Å²) in [6, 6.07) is 9.97. The number of aliphatic imine (C=N–C) groups is 2. The van der Waals surface area contributed by atoms with Gasteiger partial charge in [0, 0.05) is 5.56 Å². The summed E-state index contributed by atoms with van der Waals surface area (Å²) >= 11 is 0. The van der Waals surface area contributed by atoms with Crippen molar-refractivity contribution in [2.75, 3.05) is 0 Å². The van der Waals surface area contributed by atoms with Gasteiger partial charge >= 0.3 is 0 Å². The highest BCUT2D eigenvalue weighted by Crippen LogP contribution is 2.06. The van der Waals surface area contributed by atoms with Crippen molar-refractivity contribution in [1.29, 1.82) is 0 Å². The van der Waals surface area contributed by atoms with Crippen molar-refractivity contribution in [1.82, 2.24) is 5.32 Å². The molecule has 0 bridgehead atoms. The molecule has 1 aliphatic heterocycles. The van der Waals surface area contributed by atoms with Crippen molar-refractivity contribution < 1.29 is 0 Å². The Balaban J connectivity index is 2.15. The van der Waals surface area contributed by atoms with E-state index in [9.17, 15) is 0 Å². The molecule has 17 heavy (non-hydrogen) atoms. The van der Waals surface area contributed by atoms with Gasteiger partial charge in [0.2, 0.25) is 0 Å². The second kappa shape index (κ2) is 5.80. The Morgan fingerprint density at radius 1 is 1.18 bits per heavy atom. The Morgan fingerprint density at radius 3 is 2.76 bits per heavy atom. The molecule has 1 atom stereocenters. The lowest BCUT2D eigenvalue weighted by Gasteiger charge is -2.14. The zero-order valence-electron chi connectivity index (χ0n) is 9.75. The first kappa shape index (κ1) is 11.3. The summed E-state index contributed by atoms with van der Waals surface area (Å²) in [4.78, 5) is 8.75. The standard InChI is InChI=1S/C14H15N3/c1-2-3-5-10-13-15-11-16-14(17-13)12-8-6-4-7-9-12/h2-11,13H,1H3,(H,15,16,17)/b3-2-,10-5+. The highest BCUT2D eigenvalue weighted by Gasteiger charge is 2.08. The Hall–Kier alpha value is -2.16. The van der Waals surface area contributed by atoms with E-state index in [2.05, 4.69) is 15.3 Å². The molecule has 0 fully saturated rings. The zero-order chi connectivity index (χ0) is 11.9. The van der Waals surface area contributed by atoms with Gasteiger partial charge in [-0.3, -0.25) is 0 Å². The molecule has 1 unspecified atom stereocenters. The minimum atomic E-state index is -0.0427. The molecule has 0 saturated heterocycles. The largest absolute Gasteiger partial charge is 0.351 e. The van der Waals surface area contributed by atoms with E-state index in [1.54, 1.807) is 6.34 Å². The number of benzene rings is 1. The van der Waals surface area contributed by atoms with Crippen molar-refractivity contribution in [3.8, 4) is 0 Å². The first-order chi connectivity index (χ1) is 8.40. The number of nitrogens with one attached hydrogen (secondary N) is 1. The molecular weight excluding hydrogens is 210 g/mol. The Kier molecular flexibility index (Phi) is 3.86. The molecule has 86 valence electrons. The number of amidine groups is 1. The third kappa shape index (κ3) is 3.14. The molecule has 1 N–H and O–H groups in total. The first-order valence-electron chi connectivity index (χ1n) is 5.61. The lowest BCUT2D eigenvalue weighted by Crippen LogP contribution is -2.29. The molecule has 1 aromatic rings. The average molecular weight is 225 g/mol. The molecule has 0 spiro atoms. The van der Waals surface area contributed by atoms with Gasteiger partial charge in [0.05, 0.1) is 6.34 Å². The topological polar surface area (TPSA) is 36.8 Å². The summed E-state index contributed by atoms with van der Waals surface area (Å²) in [5.74, 6) is 0.763. The van der Waals surface area contributed by atoms with Crippen LogP contribution in [0.5, 0.6) is 0 Å². The maximum atomic E-state index is 4.51. The quantitative estimate of drug-likeness (QED) is 0.788. The van der Waals surface area contributed by atoms with Crippen LogP contribution in [0.15, 0.2) is 64.6 Å². The second-order valence-electron chi connectivity index (χ2n) is 3.60. The average Bonchev–Trinajstić information content (AvgIpc) is 2.41. The minimum Gasteiger partial charge on any atom is -0.351 e. The van der Waals surface area contributed by atoms with Crippen molar-refractivity contribution in [2.45, 2.75) is 13.1 Å². The van der Waals surface area contributed by atoms with Crippen molar-refractivity contribution >= 4 is 12.2 Å². The maximum absolute atomic E-state index is 4.51. The SMILES string of the molecule is C/C=C\C=C\C1N=C(c2ccccc2)N=CN1. The van der Waals surface area contributed by atoms with Gasteiger partial charge in [0.15, 0.2) is 5.84 Å². The molecule has 1 aliphatic rings. The summed E-state index contributed by atoms with van der Waals surface area (Å²) in [6.07, 6.45) is 9.58. The van der Waals surface area contributed by atoms with Gasteiger partial charge in [-0.05, 0) is 13.0 Å². The van der Waals surface area contributed by atoms with Gasteiger partial charge in [-0.25, -0.2) is 9.98 Å². The normalized spacial score (nSPS) is 19.6. The molecule has 0 radical (unpaired) electrons. The van der Waals surface area contributed by atoms with E-state index in [4.69, 9.17) is 0 Å². The molecular formula is C14H15N3. The summed E-state index contributed by atoms with van der Waals surface area (Å²) in [7, 11) is 0. The summed E-state index contributed by atoms with van der Waals surface area (Å²) < 4.78 is 0. The van der Waals surface area contributed by atoms with Crippen molar-refractivity contribution in [2.24, 2.45) is 9.98 Å². The number of allylic oxidation sites excluding steroid dienone is 3. The number of hydrogen-bond donors (Lipinski definition) is 1. The minimum absolute atomic E-state index is 0.0427. The first-order valence-corrected chi connectivity index (χ1v) is 5.61. The summed E-state index contributed by atoms with van der Waals surface area (Å²) in [5.41, 5.74) is 1.04. The Morgan fingerprint density at radius 2 is 2.00 bits per heavy atom. The van der Waals surface area contributed by atoms with E-state index < -0.39 is 0 Å². The van der Waals surface area contributed by atoms with Gasteiger partial charge in [-0.1, -0.05) is 48.6 Å². The van der Waals surface area contributed by atoms with Gasteiger partial charge in [0.25, 0.3) is 0 Å². The highest BCUT2D eigenvalue weighted by atomic mass is 15.2. The molecule has 0 saturated carbocycles. The molecule has 2 rings (SSSR count). The highest BCUT2D eigenvalue weighted by molar-refractivity contribution is 6.03. The fourth-order valence-corrected chi connectivity index (χ4v) is 1.49. The number of rotatable bonds is 3. The smallest absolute Gasteiger partial charge is 0.158 e. The Bertz CT molecular complexity index is 470. The zero-order valence-corrected chi connectivity index (χ0v) is 9.75. The van der Waals surface area contributed by atoms with Gasteiger partial charge in [0.1, 0.15) is 6.17 Å². The van der Waals surface area contributed by atoms with Crippen LogP contribution in [-0.2, 0) is 0 Å². The monoisotopic (exact) mass is 225 g/mol. The maximum Gasteiger partial charge on any atom is 0.158 e. The Labute approximate surface area is 101 Å². The molecule has 1 heterocycles. The van der Waals surface area contributed by atoms with E-state index in [-0.39, 0.29) is 6.17 Å². The van der Waals surface area contributed by atoms with Crippen LogP contribution in [0.3, 0.4) is 0 Å². The molecule has 3 nitrogen and oxygen atoms in total. The van der Waals surface area contributed by atoms with E-state index in [0.29, 0.717) is 0 Å². The third-order valence-electron chi connectivity index (χ3n) is 2.32. The molecule has 0 aliphatic carbocycles. The molecule has 1 aromatic carbocycles. The van der Waals surface area contributed by atoms with Crippen LogP contribution in [0.1, 0.15) is 12.5 Å². The van der Waals surface area contributed by atoms with Crippen LogP contribution < -0.4 is 5.32 Å². The fraction of sp³-hybridized carbons (Fsp3) is 0.143. The van der Waals surface area contributed by atoms with Crippen molar-refractivity contribution in [3.05, 3.63) is 60.2 Å². The fourth-order valence-electron chi connectivity index (χ4n) is 1.49. The summed E-state index contributed by atoms with van der Waals surface area (Å²) in [6.45, 7) is 1.98. The number of nitrogens with zero attached hydrogens (tertiary/aromatic N) is 2. The lowest BCUT2D eigenvalue weighted by atomic mass is 10.2. The lowest BCUT2D eigenvalue weighted by molar-refractivity contribution is 0.769. The third-order valence-corrected chi connectivity index (χ3v) is 2.32. The second-order valence-corrected chi connectivity index (χ2v) is 3.60. The van der Waals surface area contributed by atoms with Crippen LogP contribution in [0.25, 0.3) is 0 Å². The number of hydrogen-bond acceptors (Lipinski definition) is 3. The van der Waals surface area contributed by atoms with E-state index >= 15 is 0 Å². The summed E-state index contributed by atoms with van der Waals surface area (Å²) in [5, 5.41) is 3.08. The van der Waals surface area contributed by atoms with Crippen LogP contribution in [0.2, 0.25) is 0 Å². The van der Waals surface area contributed by atoms with E-state index in [0.717, 1.165) is 11.4 Å².